The van der Waals surface area contributed by atoms with Crippen molar-refractivity contribution in [1.29, 1.82) is 0 Å². The molecule has 0 atom stereocenters. The molecule has 0 fully saturated rings. The first-order valence-electron chi connectivity index (χ1n) is 5.20. The third kappa shape index (κ3) is 1.99. The van der Waals surface area contributed by atoms with Crippen molar-refractivity contribution in [3.63, 3.8) is 0 Å². The summed E-state index contributed by atoms with van der Waals surface area (Å²) in [7, 11) is 0. The first-order chi connectivity index (χ1) is 7.18. The second kappa shape index (κ2) is 3.97. The third-order valence-electron chi connectivity index (χ3n) is 2.43. The topological polar surface area (TPSA) is 12.9 Å². The molecule has 1 aromatic heterocycles. The Morgan fingerprint density at radius 3 is 2.80 bits per heavy atom. The Morgan fingerprint density at radius 1 is 1.27 bits per heavy atom. The van der Waals surface area contributed by atoms with Crippen LogP contribution in [0.2, 0.25) is 0 Å². The Balaban J connectivity index is 2.63. The molecular formula is C13H14FN. The van der Waals surface area contributed by atoms with Gasteiger partial charge in [0.25, 0.3) is 0 Å². The summed E-state index contributed by atoms with van der Waals surface area (Å²) >= 11 is 0. The normalized spacial score (nSPS) is 11.2. The van der Waals surface area contributed by atoms with E-state index < -0.39 is 0 Å². The summed E-state index contributed by atoms with van der Waals surface area (Å²) in [4.78, 5) is 4.17. The SMILES string of the molecule is CC(C)Cc1ccnc2cccc(F)c12. The van der Waals surface area contributed by atoms with Crippen LogP contribution in [0.25, 0.3) is 10.9 Å². The maximum atomic E-state index is 13.7. The number of hydrogen-bond donors (Lipinski definition) is 0. The van der Waals surface area contributed by atoms with Crippen LogP contribution in [0, 0.1) is 11.7 Å². The predicted octanol–water partition coefficient (Wildman–Crippen LogP) is 3.57. The van der Waals surface area contributed by atoms with E-state index in [1.54, 1.807) is 12.3 Å². The molecule has 0 N–H and O–H groups in total. The van der Waals surface area contributed by atoms with Crippen LogP contribution in [-0.2, 0) is 6.42 Å². The third-order valence-corrected chi connectivity index (χ3v) is 2.43. The van der Waals surface area contributed by atoms with Crippen LogP contribution in [0.15, 0.2) is 30.5 Å². The predicted molar refractivity (Wildman–Crippen MR) is 60.2 cm³/mol. The lowest BCUT2D eigenvalue weighted by Crippen LogP contribution is -1.97. The van der Waals surface area contributed by atoms with Crippen molar-refractivity contribution in [1.82, 2.24) is 4.98 Å². The van der Waals surface area contributed by atoms with E-state index in [1.165, 1.54) is 6.07 Å². The molecule has 1 aromatic carbocycles. The van der Waals surface area contributed by atoms with Gasteiger partial charge in [-0.05, 0) is 36.1 Å². The van der Waals surface area contributed by atoms with Crippen LogP contribution < -0.4 is 0 Å². The molecule has 0 radical (unpaired) electrons. The maximum absolute atomic E-state index is 13.7. The molecule has 0 aliphatic carbocycles. The smallest absolute Gasteiger partial charge is 0.132 e. The number of hydrogen-bond acceptors (Lipinski definition) is 1. The van der Waals surface area contributed by atoms with Crippen molar-refractivity contribution in [3.05, 3.63) is 41.8 Å². The van der Waals surface area contributed by atoms with Crippen LogP contribution in [0.1, 0.15) is 19.4 Å². The molecule has 2 aromatic rings. The van der Waals surface area contributed by atoms with Gasteiger partial charge >= 0.3 is 0 Å². The van der Waals surface area contributed by atoms with Gasteiger partial charge in [-0.15, -0.1) is 0 Å². The molecule has 0 unspecified atom stereocenters. The van der Waals surface area contributed by atoms with Crippen LogP contribution in [0.4, 0.5) is 4.39 Å². The highest BCUT2D eigenvalue weighted by atomic mass is 19.1. The van der Waals surface area contributed by atoms with Crippen molar-refractivity contribution in [3.8, 4) is 0 Å². The molecule has 15 heavy (non-hydrogen) atoms. The quantitative estimate of drug-likeness (QED) is 0.727. The summed E-state index contributed by atoms with van der Waals surface area (Å²) < 4.78 is 13.7. The van der Waals surface area contributed by atoms with E-state index in [0.717, 1.165) is 17.5 Å². The zero-order chi connectivity index (χ0) is 10.8. The molecule has 0 bridgehead atoms. The number of fused-ring (bicyclic) bond motifs is 1. The van der Waals surface area contributed by atoms with Gasteiger partial charge in [0.15, 0.2) is 0 Å². The standard InChI is InChI=1S/C13H14FN/c1-9(2)8-10-6-7-15-12-5-3-4-11(14)13(10)12/h3-7,9H,8H2,1-2H3. The van der Waals surface area contributed by atoms with Gasteiger partial charge in [-0.1, -0.05) is 19.9 Å². The molecule has 1 nitrogen and oxygen atoms in total. The van der Waals surface area contributed by atoms with Crippen LogP contribution in [-0.4, -0.2) is 4.98 Å². The van der Waals surface area contributed by atoms with Crippen LogP contribution in [0.5, 0.6) is 0 Å². The van der Waals surface area contributed by atoms with Crippen LogP contribution >= 0.6 is 0 Å². The molecular weight excluding hydrogens is 189 g/mol. The summed E-state index contributed by atoms with van der Waals surface area (Å²) in [6.07, 6.45) is 2.64. The fourth-order valence-electron chi connectivity index (χ4n) is 1.84. The molecule has 0 amide bonds. The monoisotopic (exact) mass is 203 g/mol. The largest absolute Gasteiger partial charge is 0.256 e. The maximum Gasteiger partial charge on any atom is 0.132 e. The minimum atomic E-state index is -0.170. The van der Waals surface area contributed by atoms with E-state index in [-0.39, 0.29) is 5.82 Å². The fourth-order valence-corrected chi connectivity index (χ4v) is 1.84. The lowest BCUT2D eigenvalue weighted by Gasteiger charge is -2.08. The Kier molecular flexibility index (Phi) is 2.67. The van der Waals surface area contributed by atoms with Gasteiger partial charge in [-0.2, -0.15) is 0 Å². The first kappa shape index (κ1) is 10.1. The molecule has 0 saturated carbocycles. The number of nitrogens with zero attached hydrogens (tertiary/aromatic N) is 1. The van der Waals surface area contributed by atoms with Crippen molar-refractivity contribution in [2.24, 2.45) is 5.92 Å². The molecule has 0 spiro atoms. The van der Waals surface area contributed by atoms with E-state index in [1.807, 2.05) is 12.1 Å². The van der Waals surface area contributed by atoms with E-state index in [4.69, 9.17) is 0 Å². The average molecular weight is 203 g/mol. The summed E-state index contributed by atoms with van der Waals surface area (Å²) in [5.74, 6) is 0.353. The average Bonchev–Trinajstić information content (AvgIpc) is 2.17. The Bertz CT molecular complexity index is 472. The van der Waals surface area contributed by atoms with Gasteiger partial charge in [0.05, 0.1) is 5.52 Å². The highest BCUT2D eigenvalue weighted by Crippen LogP contribution is 2.22. The minimum absolute atomic E-state index is 0.170. The van der Waals surface area contributed by atoms with Gasteiger partial charge in [-0.25, -0.2) is 4.39 Å². The van der Waals surface area contributed by atoms with Gasteiger partial charge in [0.1, 0.15) is 5.82 Å². The minimum Gasteiger partial charge on any atom is -0.256 e. The van der Waals surface area contributed by atoms with Gasteiger partial charge in [0.2, 0.25) is 0 Å². The highest BCUT2D eigenvalue weighted by Gasteiger charge is 2.07. The zero-order valence-corrected chi connectivity index (χ0v) is 9.00. The highest BCUT2D eigenvalue weighted by molar-refractivity contribution is 5.82. The lowest BCUT2D eigenvalue weighted by molar-refractivity contribution is 0.628. The fraction of sp³-hybridized carbons (Fsp3) is 0.308. The number of rotatable bonds is 2. The van der Waals surface area contributed by atoms with E-state index in [0.29, 0.717) is 11.3 Å². The van der Waals surface area contributed by atoms with Crippen molar-refractivity contribution >= 4 is 10.9 Å². The van der Waals surface area contributed by atoms with Gasteiger partial charge in [-0.3, -0.25) is 4.98 Å². The van der Waals surface area contributed by atoms with Crippen molar-refractivity contribution < 1.29 is 4.39 Å². The van der Waals surface area contributed by atoms with Crippen molar-refractivity contribution in [2.45, 2.75) is 20.3 Å². The van der Waals surface area contributed by atoms with Gasteiger partial charge in [0, 0.05) is 11.6 Å². The first-order valence-corrected chi connectivity index (χ1v) is 5.20. The summed E-state index contributed by atoms with van der Waals surface area (Å²) in [5.41, 5.74) is 1.79. The Morgan fingerprint density at radius 2 is 2.07 bits per heavy atom. The van der Waals surface area contributed by atoms with E-state index in [9.17, 15) is 4.39 Å². The molecule has 78 valence electrons. The molecule has 0 aliphatic heterocycles. The molecule has 0 aliphatic rings. The summed E-state index contributed by atoms with van der Waals surface area (Å²) in [5, 5.41) is 0.675. The molecule has 0 saturated heterocycles. The van der Waals surface area contributed by atoms with E-state index >= 15 is 0 Å². The van der Waals surface area contributed by atoms with Gasteiger partial charge < -0.3 is 0 Å². The second-order valence-corrected chi connectivity index (χ2v) is 4.20. The van der Waals surface area contributed by atoms with E-state index in [2.05, 4.69) is 18.8 Å². The molecule has 1 heterocycles. The van der Waals surface area contributed by atoms with Crippen molar-refractivity contribution in [2.75, 3.05) is 0 Å². The zero-order valence-electron chi connectivity index (χ0n) is 9.00. The molecule has 2 rings (SSSR count). The second-order valence-electron chi connectivity index (χ2n) is 4.20. The number of aromatic nitrogens is 1. The number of halogens is 1. The Hall–Kier alpha value is -1.44. The lowest BCUT2D eigenvalue weighted by atomic mass is 9.99. The number of benzene rings is 1. The molecule has 2 heteroatoms. The summed E-state index contributed by atoms with van der Waals surface area (Å²) in [6.45, 7) is 4.26. The summed E-state index contributed by atoms with van der Waals surface area (Å²) in [6, 6.07) is 6.95. The number of pyridine rings is 1. The Labute approximate surface area is 89.0 Å². The van der Waals surface area contributed by atoms with Crippen LogP contribution in [0.3, 0.4) is 0 Å².